The Labute approximate surface area is 176 Å². The Morgan fingerprint density at radius 2 is 2.08 bits per heavy atom. The second-order valence-electron chi connectivity index (χ2n) is 6.03. The third-order valence-corrected chi connectivity index (χ3v) is 5.40. The molecule has 1 aliphatic heterocycles. The van der Waals surface area contributed by atoms with Crippen LogP contribution in [0.4, 0.5) is 0 Å². The van der Waals surface area contributed by atoms with Gasteiger partial charge in [-0.1, -0.05) is 30.7 Å². The maximum atomic E-state index is 13.0. The van der Waals surface area contributed by atoms with Crippen LogP contribution in [0.2, 0.25) is 5.02 Å². The van der Waals surface area contributed by atoms with Gasteiger partial charge in [-0.15, -0.1) is 36.2 Å². The summed E-state index contributed by atoms with van der Waals surface area (Å²) in [6.07, 6.45) is 2.98. The first-order valence-corrected chi connectivity index (χ1v) is 9.68. The molecule has 1 aromatic heterocycles. The van der Waals surface area contributed by atoms with E-state index >= 15 is 0 Å². The Bertz CT molecular complexity index is 704. The van der Waals surface area contributed by atoms with Crippen LogP contribution in [0.15, 0.2) is 29.6 Å². The standard InChI is InChI=1S/C18H22ClN3OS.2ClH/c1-2-10-22(15-6-8-20-9-7-15)18(23)16-12-24-17(21-16)13-4-3-5-14(19)11-13;;/h3-5,11-12,15,20H,2,6-10H2,1H3;2*1H. The summed E-state index contributed by atoms with van der Waals surface area (Å²) in [5.41, 5.74) is 1.50. The van der Waals surface area contributed by atoms with Crippen molar-refractivity contribution >= 4 is 53.7 Å². The lowest BCUT2D eigenvalue weighted by Gasteiger charge is -2.34. The smallest absolute Gasteiger partial charge is 0.273 e. The number of hydrogen-bond acceptors (Lipinski definition) is 4. The van der Waals surface area contributed by atoms with Crippen LogP contribution in [-0.4, -0.2) is 41.5 Å². The minimum atomic E-state index is 0. The summed E-state index contributed by atoms with van der Waals surface area (Å²) < 4.78 is 0. The molecule has 1 saturated heterocycles. The molecule has 1 amide bonds. The van der Waals surface area contributed by atoms with E-state index in [-0.39, 0.29) is 30.7 Å². The molecule has 0 radical (unpaired) electrons. The molecule has 2 aromatic rings. The molecule has 0 bridgehead atoms. The predicted octanol–water partition coefficient (Wildman–Crippen LogP) is 4.91. The number of carbonyl (C=O) groups is 1. The Kier molecular flexibility index (Phi) is 9.90. The molecule has 1 fully saturated rings. The van der Waals surface area contributed by atoms with Crippen LogP contribution in [0.25, 0.3) is 10.6 Å². The fraction of sp³-hybridized carbons (Fsp3) is 0.444. The Hall–Kier alpha value is -0.850. The number of piperidine rings is 1. The highest BCUT2D eigenvalue weighted by molar-refractivity contribution is 7.13. The normalized spacial score (nSPS) is 14.2. The van der Waals surface area contributed by atoms with Gasteiger partial charge in [0.15, 0.2) is 0 Å². The largest absolute Gasteiger partial charge is 0.334 e. The minimum absolute atomic E-state index is 0. The van der Waals surface area contributed by atoms with Gasteiger partial charge in [-0.05, 0) is 44.5 Å². The van der Waals surface area contributed by atoms with E-state index in [9.17, 15) is 4.79 Å². The zero-order valence-corrected chi connectivity index (χ0v) is 17.8. The van der Waals surface area contributed by atoms with E-state index in [0.29, 0.717) is 16.8 Å². The summed E-state index contributed by atoms with van der Waals surface area (Å²) in [7, 11) is 0. The third kappa shape index (κ3) is 5.57. The third-order valence-electron chi connectivity index (χ3n) is 4.27. The van der Waals surface area contributed by atoms with E-state index in [2.05, 4.69) is 17.2 Å². The van der Waals surface area contributed by atoms with Gasteiger partial charge in [0.05, 0.1) is 0 Å². The molecule has 26 heavy (non-hydrogen) atoms. The van der Waals surface area contributed by atoms with Gasteiger partial charge in [0.25, 0.3) is 5.91 Å². The molecule has 0 atom stereocenters. The van der Waals surface area contributed by atoms with E-state index in [0.717, 1.165) is 49.5 Å². The topological polar surface area (TPSA) is 45.2 Å². The number of amides is 1. The van der Waals surface area contributed by atoms with Crippen LogP contribution in [0.5, 0.6) is 0 Å². The molecule has 0 spiro atoms. The van der Waals surface area contributed by atoms with Gasteiger partial charge >= 0.3 is 0 Å². The van der Waals surface area contributed by atoms with E-state index in [4.69, 9.17) is 11.6 Å². The van der Waals surface area contributed by atoms with Crippen molar-refractivity contribution in [1.29, 1.82) is 0 Å². The molecule has 1 aliphatic rings. The molecule has 4 nitrogen and oxygen atoms in total. The molecule has 1 aromatic carbocycles. The van der Waals surface area contributed by atoms with E-state index < -0.39 is 0 Å². The van der Waals surface area contributed by atoms with Crippen LogP contribution in [0, 0.1) is 0 Å². The van der Waals surface area contributed by atoms with Gasteiger partial charge in [-0.3, -0.25) is 4.79 Å². The van der Waals surface area contributed by atoms with Crippen molar-refractivity contribution in [3.05, 3.63) is 40.4 Å². The fourth-order valence-electron chi connectivity index (χ4n) is 3.08. The highest BCUT2D eigenvalue weighted by Gasteiger charge is 2.27. The predicted molar refractivity (Wildman–Crippen MR) is 114 cm³/mol. The minimum Gasteiger partial charge on any atom is -0.334 e. The highest BCUT2D eigenvalue weighted by atomic mass is 35.5. The van der Waals surface area contributed by atoms with Crippen LogP contribution >= 0.6 is 47.8 Å². The van der Waals surface area contributed by atoms with Crippen molar-refractivity contribution in [2.24, 2.45) is 0 Å². The number of benzene rings is 1. The lowest BCUT2D eigenvalue weighted by Crippen LogP contribution is -2.46. The van der Waals surface area contributed by atoms with Gasteiger partial charge in [0, 0.05) is 28.6 Å². The van der Waals surface area contributed by atoms with Gasteiger partial charge in [0.2, 0.25) is 0 Å². The lowest BCUT2D eigenvalue weighted by atomic mass is 10.0. The van der Waals surface area contributed by atoms with Crippen LogP contribution < -0.4 is 5.32 Å². The number of thiazole rings is 1. The number of aromatic nitrogens is 1. The first-order valence-electron chi connectivity index (χ1n) is 8.42. The molecule has 144 valence electrons. The quantitative estimate of drug-likeness (QED) is 0.724. The van der Waals surface area contributed by atoms with Crippen molar-refractivity contribution in [2.75, 3.05) is 19.6 Å². The molecule has 0 saturated carbocycles. The number of nitrogens with one attached hydrogen (secondary N) is 1. The molecule has 0 aliphatic carbocycles. The van der Waals surface area contributed by atoms with Crippen molar-refractivity contribution in [2.45, 2.75) is 32.2 Å². The fourth-order valence-corrected chi connectivity index (χ4v) is 4.06. The zero-order chi connectivity index (χ0) is 16.9. The summed E-state index contributed by atoms with van der Waals surface area (Å²) in [4.78, 5) is 19.6. The summed E-state index contributed by atoms with van der Waals surface area (Å²) in [5.74, 6) is 0.0493. The molecular weight excluding hydrogens is 413 g/mol. The number of hydrogen-bond donors (Lipinski definition) is 1. The van der Waals surface area contributed by atoms with E-state index in [1.807, 2.05) is 34.5 Å². The van der Waals surface area contributed by atoms with Crippen LogP contribution in [-0.2, 0) is 0 Å². The first kappa shape index (κ1) is 23.2. The van der Waals surface area contributed by atoms with E-state index in [1.165, 1.54) is 11.3 Å². The number of nitrogens with zero attached hydrogens (tertiary/aromatic N) is 2. The van der Waals surface area contributed by atoms with Crippen LogP contribution in [0.1, 0.15) is 36.7 Å². The molecule has 3 rings (SSSR count). The number of carbonyl (C=O) groups excluding carboxylic acids is 1. The second kappa shape index (κ2) is 11.1. The van der Waals surface area contributed by atoms with Crippen molar-refractivity contribution in [3.63, 3.8) is 0 Å². The number of halogens is 3. The molecular formula is C18H24Cl3N3OS. The maximum Gasteiger partial charge on any atom is 0.273 e. The SMILES string of the molecule is CCCN(C(=O)c1csc(-c2cccc(Cl)c2)n1)C1CCNCC1.Cl.Cl. The summed E-state index contributed by atoms with van der Waals surface area (Å²) in [6, 6.07) is 7.90. The second-order valence-corrected chi connectivity index (χ2v) is 7.32. The molecule has 2 heterocycles. The van der Waals surface area contributed by atoms with Gasteiger partial charge in [-0.2, -0.15) is 0 Å². The van der Waals surface area contributed by atoms with Gasteiger partial charge < -0.3 is 10.2 Å². The van der Waals surface area contributed by atoms with Gasteiger partial charge in [0.1, 0.15) is 10.7 Å². The maximum absolute atomic E-state index is 13.0. The van der Waals surface area contributed by atoms with Gasteiger partial charge in [-0.25, -0.2) is 4.98 Å². The number of rotatable bonds is 5. The van der Waals surface area contributed by atoms with Crippen molar-refractivity contribution in [1.82, 2.24) is 15.2 Å². The molecule has 1 N–H and O–H groups in total. The van der Waals surface area contributed by atoms with Crippen molar-refractivity contribution in [3.8, 4) is 10.6 Å². The average Bonchev–Trinajstić information content (AvgIpc) is 3.10. The lowest BCUT2D eigenvalue weighted by molar-refractivity contribution is 0.0637. The molecule has 8 heteroatoms. The summed E-state index contributed by atoms with van der Waals surface area (Å²) in [5, 5.41) is 6.74. The highest BCUT2D eigenvalue weighted by Crippen LogP contribution is 2.27. The Morgan fingerprint density at radius 1 is 1.35 bits per heavy atom. The zero-order valence-electron chi connectivity index (χ0n) is 14.6. The molecule has 0 unspecified atom stereocenters. The Balaban J connectivity index is 0.00000169. The average molecular weight is 437 g/mol. The summed E-state index contributed by atoms with van der Waals surface area (Å²) >= 11 is 7.55. The Morgan fingerprint density at radius 3 is 2.73 bits per heavy atom. The first-order chi connectivity index (χ1) is 11.7. The van der Waals surface area contributed by atoms with Crippen molar-refractivity contribution < 1.29 is 4.79 Å². The van der Waals surface area contributed by atoms with E-state index in [1.54, 1.807) is 0 Å². The monoisotopic (exact) mass is 435 g/mol. The summed E-state index contributed by atoms with van der Waals surface area (Å²) in [6.45, 7) is 4.85. The van der Waals surface area contributed by atoms with Crippen LogP contribution in [0.3, 0.4) is 0 Å².